The molecule has 0 radical (unpaired) electrons. The molecular formula is C7H16N2O4S2. The number of hydrogen-bond donors (Lipinski definition) is 6. The van der Waals surface area contributed by atoms with Crippen LogP contribution in [0.1, 0.15) is 6.42 Å². The summed E-state index contributed by atoms with van der Waals surface area (Å²) >= 11 is 7.46. The van der Waals surface area contributed by atoms with Crippen LogP contribution in [0, 0.1) is 0 Å². The molecule has 2 atom stereocenters. The van der Waals surface area contributed by atoms with Crippen LogP contribution < -0.4 is 11.5 Å². The van der Waals surface area contributed by atoms with Crippen molar-refractivity contribution in [3.05, 3.63) is 0 Å². The smallest absolute Gasteiger partial charge is 0.321 e. The Morgan fingerprint density at radius 3 is 1.53 bits per heavy atom. The van der Waals surface area contributed by atoms with Gasteiger partial charge in [0.2, 0.25) is 0 Å². The predicted molar refractivity (Wildman–Crippen MR) is 63.5 cm³/mol. The number of carboxylic acids is 2. The van der Waals surface area contributed by atoms with Crippen molar-refractivity contribution in [2.24, 2.45) is 11.5 Å². The Morgan fingerprint density at radius 2 is 1.47 bits per heavy atom. The Balaban J connectivity index is 0. The highest BCUT2D eigenvalue weighted by molar-refractivity contribution is 7.80. The van der Waals surface area contributed by atoms with Gasteiger partial charge in [-0.2, -0.15) is 25.3 Å². The molecule has 90 valence electrons. The molecule has 0 heterocycles. The second-order valence-electron chi connectivity index (χ2n) is 2.58. The zero-order valence-corrected chi connectivity index (χ0v) is 9.82. The SMILES string of the molecule is NC(CCS)C(=O)O.NC(CS)C(=O)O. The molecule has 6 N–H and O–H groups in total. The second kappa shape index (κ2) is 10.1. The average Bonchev–Trinajstić information content (AvgIpc) is 2.17. The highest BCUT2D eigenvalue weighted by Crippen LogP contribution is 1.88. The van der Waals surface area contributed by atoms with Crippen LogP contribution in [0.4, 0.5) is 0 Å². The third-order valence-corrected chi connectivity index (χ3v) is 1.92. The molecule has 0 aromatic rings. The van der Waals surface area contributed by atoms with Crippen LogP contribution in [0.5, 0.6) is 0 Å². The molecule has 0 amide bonds. The third kappa shape index (κ3) is 11.5. The minimum atomic E-state index is -1.00. The van der Waals surface area contributed by atoms with Crippen LogP contribution in [0.15, 0.2) is 0 Å². The Labute approximate surface area is 98.8 Å². The van der Waals surface area contributed by atoms with Gasteiger partial charge in [0.1, 0.15) is 12.1 Å². The highest BCUT2D eigenvalue weighted by Gasteiger charge is 2.08. The van der Waals surface area contributed by atoms with Gasteiger partial charge >= 0.3 is 11.9 Å². The Morgan fingerprint density at radius 1 is 1.07 bits per heavy atom. The van der Waals surface area contributed by atoms with Gasteiger partial charge in [-0.1, -0.05) is 0 Å². The minimum Gasteiger partial charge on any atom is -0.480 e. The predicted octanol–water partition coefficient (Wildman–Crippen LogP) is -0.954. The Bertz CT molecular complexity index is 203. The minimum absolute atomic E-state index is 0.190. The number of rotatable bonds is 5. The quantitative estimate of drug-likeness (QED) is 0.352. The molecule has 0 rings (SSSR count). The number of thiol groups is 2. The lowest BCUT2D eigenvalue weighted by Gasteiger charge is -2.00. The van der Waals surface area contributed by atoms with Crippen molar-refractivity contribution in [2.45, 2.75) is 18.5 Å². The first-order chi connectivity index (χ1) is 6.86. The molecule has 0 spiro atoms. The Kier molecular flexibility index (Phi) is 11.4. The summed E-state index contributed by atoms with van der Waals surface area (Å²) in [6, 6.07) is -1.56. The van der Waals surface area contributed by atoms with E-state index in [4.69, 9.17) is 21.7 Å². The van der Waals surface area contributed by atoms with Gasteiger partial charge in [0, 0.05) is 5.75 Å². The standard InChI is InChI=1S/C4H9NO2S.C3H7NO2S/c5-3(1-2-8)4(6)7;4-2(1-7)3(5)6/h3,8H,1-2,5H2,(H,6,7);2,7H,1,4H2,(H,5,6). The number of nitrogens with two attached hydrogens (primary N) is 2. The number of aliphatic carboxylic acids is 2. The van der Waals surface area contributed by atoms with Gasteiger partial charge in [-0.3, -0.25) is 9.59 Å². The summed E-state index contributed by atoms with van der Waals surface area (Å²) in [4.78, 5) is 19.7. The summed E-state index contributed by atoms with van der Waals surface area (Å²) in [6.07, 6.45) is 0.429. The van der Waals surface area contributed by atoms with Gasteiger partial charge in [-0.25, -0.2) is 0 Å². The van der Waals surface area contributed by atoms with Crippen molar-refractivity contribution in [1.29, 1.82) is 0 Å². The lowest BCUT2D eigenvalue weighted by Crippen LogP contribution is -2.31. The summed E-state index contributed by atoms with van der Waals surface area (Å²) < 4.78 is 0. The molecule has 6 nitrogen and oxygen atoms in total. The monoisotopic (exact) mass is 256 g/mol. The highest BCUT2D eigenvalue weighted by atomic mass is 32.1. The van der Waals surface area contributed by atoms with Crippen molar-refractivity contribution in [3.63, 3.8) is 0 Å². The number of hydrogen-bond acceptors (Lipinski definition) is 6. The molecule has 0 aliphatic rings. The molecule has 0 aromatic carbocycles. The molecule has 0 aliphatic heterocycles. The van der Waals surface area contributed by atoms with Crippen LogP contribution in [0.2, 0.25) is 0 Å². The second-order valence-corrected chi connectivity index (χ2v) is 3.40. The molecule has 2 unspecified atom stereocenters. The Hall–Kier alpha value is -0.440. The van der Waals surface area contributed by atoms with Crippen molar-refractivity contribution in [3.8, 4) is 0 Å². The van der Waals surface area contributed by atoms with Crippen LogP contribution in [0.25, 0.3) is 0 Å². The van der Waals surface area contributed by atoms with E-state index in [1.165, 1.54) is 0 Å². The average molecular weight is 256 g/mol. The first kappa shape index (κ1) is 17.0. The van der Waals surface area contributed by atoms with E-state index >= 15 is 0 Å². The maximum Gasteiger partial charge on any atom is 0.321 e. The summed E-state index contributed by atoms with van der Waals surface area (Å²) in [5.41, 5.74) is 10.0. The summed E-state index contributed by atoms with van der Waals surface area (Å²) in [6.45, 7) is 0. The van der Waals surface area contributed by atoms with Gasteiger partial charge < -0.3 is 21.7 Å². The van der Waals surface area contributed by atoms with Crippen LogP contribution in [-0.4, -0.2) is 45.7 Å². The fourth-order valence-electron chi connectivity index (χ4n) is 0.341. The lowest BCUT2D eigenvalue weighted by molar-refractivity contribution is -0.139. The third-order valence-electron chi connectivity index (χ3n) is 1.27. The van der Waals surface area contributed by atoms with Gasteiger partial charge in [0.05, 0.1) is 0 Å². The molecule has 0 saturated heterocycles. The first-order valence-corrected chi connectivity index (χ1v) is 5.31. The van der Waals surface area contributed by atoms with E-state index in [1.54, 1.807) is 0 Å². The summed E-state index contributed by atoms with van der Waals surface area (Å²) in [5, 5.41) is 16.2. The fraction of sp³-hybridized carbons (Fsp3) is 0.714. The van der Waals surface area contributed by atoms with Gasteiger partial charge in [0.25, 0.3) is 0 Å². The fourth-order valence-corrected chi connectivity index (χ4v) is 0.775. The molecule has 8 heteroatoms. The van der Waals surface area contributed by atoms with Gasteiger partial charge in [-0.05, 0) is 12.2 Å². The maximum absolute atomic E-state index is 9.93. The topological polar surface area (TPSA) is 127 Å². The van der Waals surface area contributed by atoms with Crippen LogP contribution in [-0.2, 0) is 9.59 Å². The first-order valence-electron chi connectivity index (χ1n) is 4.05. The van der Waals surface area contributed by atoms with E-state index in [0.717, 1.165) is 0 Å². The van der Waals surface area contributed by atoms with Crippen LogP contribution >= 0.6 is 25.3 Å². The normalized spacial score (nSPS) is 13.3. The maximum atomic E-state index is 9.93. The molecule has 0 aromatic heterocycles. The van der Waals surface area contributed by atoms with Crippen molar-refractivity contribution < 1.29 is 19.8 Å². The van der Waals surface area contributed by atoms with Crippen molar-refractivity contribution in [2.75, 3.05) is 11.5 Å². The zero-order valence-electron chi connectivity index (χ0n) is 8.04. The van der Waals surface area contributed by atoms with Gasteiger partial charge in [-0.15, -0.1) is 0 Å². The van der Waals surface area contributed by atoms with Crippen molar-refractivity contribution >= 4 is 37.2 Å². The molecule has 0 aliphatic carbocycles. The van der Waals surface area contributed by atoms with Crippen molar-refractivity contribution in [1.82, 2.24) is 0 Å². The van der Waals surface area contributed by atoms with E-state index < -0.39 is 24.0 Å². The number of carboxylic acid groups (broad SMARTS) is 2. The molecule has 0 bridgehead atoms. The van der Waals surface area contributed by atoms with Crippen LogP contribution in [0.3, 0.4) is 0 Å². The summed E-state index contributed by atoms with van der Waals surface area (Å²) in [5.74, 6) is -1.25. The molecule has 15 heavy (non-hydrogen) atoms. The van der Waals surface area contributed by atoms with E-state index in [9.17, 15) is 9.59 Å². The molecule has 0 fully saturated rings. The number of carbonyl (C=O) groups is 2. The van der Waals surface area contributed by atoms with E-state index in [0.29, 0.717) is 12.2 Å². The largest absolute Gasteiger partial charge is 0.480 e. The lowest BCUT2D eigenvalue weighted by atomic mass is 10.2. The van der Waals surface area contributed by atoms with E-state index in [2.05, 4.69) is 25.3 Å². The summed E-state index contributed by atoms with van der Waals surface area (Å²) in [7, 11) is 0. The zero-order chi connectivity index (χ0) is 12.4. The molecule has 0 saturated carbocycles. The van der Waals surface area contributed by atoms with Gasteiger partial charge in [0.15, 0.2) is 0 Å². The molecular weight excluding hydrogens is 240 g/mol. The van der Waals surface area contributed by atoms with E-state index in [-0.39, 0.29) is 5.75 Å². The van der Waals surface area contributed by atoms with E-state index in [1.807, 2.05) is 0 Å².